The van der Waals surface area contributed by atoms with Crippen molar-refractivity contribution >= 4 is 11.4 Å². The molecular formula is C23H22N4O2. The fraction of sp³-hybridized carbons (Fsp3) is 0.217. The van der Waals surface area contributed by atoms with Gasteiger partial charge in [-0.05, 0) is 60.4 Å². The first-order chi connectivity index (χ1) is 14.2. The minimum Gasteiger partial charge on any atom is -0.497 e. The van der Waals surface area contributed by atoms with Gasteiger partial charge in [-0.15, -0.1) is 0 Å². The number of carbonyl (C=O) groups is 1. The fourth-order valence-corrected chi connectivity index (χ4v) is 3.88. The van der Waals surface area contributed by atoms with Crippen LogP contribution in [-0.2, 0) is 0 Å². The summed E-state index contributed by atoms with van der Waals surface area (Å²) in [5.41, 5.74) is 3.77. The van der Waals surface area contributed by atoms with Crippen LogP contribution in [0.25, 0.3) is 22.5 Å². The molecule has 0 atom stereocenters. The van der Waals surface area contributed by atoms with Crippen molar-refractivity contribution in [2.75, 3.05) is 20.2 Å². The van der Waals surface area contributed by atoms with Gasteiger partial charge in [-0.2, -0.15) is 5.10 Å². The molecule has 3 aromatic heterocycles. The van der Waals surface area contributed by atoms with Gasteiger partial charge >= 0.3 is 0 Å². The van der Waals surface area contributed by atoms with Crippen LogP contribution in [0.5, 0.6) is 5.75 Å². The first kappa shape index (κ1) is 17.6. The Morgan fingerprint density at radius 1 is 0.931 bits per heavy atom. The van der Waals surface area contributed by atoms with E-state index in [-0.39, 0.29) is 5.91 Å². The van der Waals surface area contributed by atoms with Crippen LogP contribution in [0.4, 0.5) is 0 Å². The molecule has 0 aliphatic carbocycles. The molecule has 6 heteroatoms. The highest BCUT2D eigenvalue weighted by Crippen LogP contribution is 2.25. The number of pyridine rings is 1. The van der Waals surface area contributed by atoms with Crippen molar-refractivity contribution in [2.45, 2.75) is 12.8 Å². The molecule has 0 unspecified atom stereocenters. The van der Waals surface area contributed by atoms with Crippen LogP contribution in [-0.4, -0.2) is 45.2 Å². The predicted octanol–water partition coefficient (Wildman–Crippen LogP) is 4.04. The number of carbonyl (C=O) groups excluding carboxylic acids is 1. The van der Waals surface area contributed by atoms with Crippen molar-refractivity contribution in [3.05, 3.63) is 72.7 Å². The lowest BCUT2D eigenvalue weighted by Gasteiger charge is -2.12. The molecule has 1 aromatic carbocycles. The predicted molar refractivity (Wildman–Crippen MR) is 112 cm³/mol. The number of amides is 1. The third kappa shape index (κ3) is 3.16. The van der Waals surface area contributed by atoms with E-state index in [0.29, 0.717) is 5.69 Å². The molecular weight excluding hydrogens is 364 g/mol. The number of rotatable bonds is 4. The Kier molecular flexibility index (Phi) is 4.31. The molecule has 29 heavy (non-hydrogen) atoms. The standard InChI is InChI=1S/C23H22N4O2/c1-29-20-9-5-17(6-10-20)18-4-7-19-8-11-22(26(19)16-18)27-15-12-21(24-27)23(28)25-13-2-3-14-25/h4-12,15-16H,2-3,13-14H2,1H3. The van der Waals surface area contributed by atoms with Crippen molar-refractivity contribution in [3.63, 3.8) is 0 Å². The van der Waals surface area contributed by atoms with Crippen LogP contribution in [0.15, 0.2) is 67.0 Å². The van der Waals surface area contributed by atoms with E-state index in [1.165, 1.54) is 0 Å². The molecule has 1 fully saturated rings. The second-order valence-corrected chi connectivity index (χ2v) is 7.28. The zero-order valence-corrected chi connectivity index (χ0v) is 16.3. The molecule has 1 amide bonds. The highest BCUT2D eigenvalue weighted by Gasteiger charge is 2.21. The summed E-state index contributed by atoms with van der Waals surface area (Å²) < 4.78 is 9.12. The summed E-state index contributed by atoms with van der Waals surface area (Å²) in [5.74, 6) is 1.75. The molecule has 0 spiro atoms. The summed E-state index contributed by atoms with van der Waals surface area (Å²) in [6, 6.07) is 18.1. The van der Waals surface area contributed by atoms with Crippen molar-refractivity contribution in [2.24, 2.45) is 0 Å². The Bertz CT molecular complexity index is 1170. The Morgan fingerprint density at radius 2 is 1.66 bits per heavy atom. The molecule has 0 radical (unpaired) electrons. The van der Waals surface area contributed by atoms with Gasteiger partial charge < -0.3 is 14.0 Å². The van der Waals surface area contributed by atoms with E-state index in [4.69, 9.17) is 4.74 Å². The summed E-state index contributed by atoms with van der Waals surface area (Å²) in [5, 5.41) is 4.56. The van der Waals surface area contributed by atoms with E-state index >= 15 is 0 Å². The molecule has 1 aliphatic heterocycles. The third-order valence-corrected chi connectivity index (χ3v) is 5.49. The summed E-state index contributed by atoms with van der Waals surface area (Å²) in [6.07, 6.45) is 6.09. The number of ether oxygens (including phenoxy) is 1. The van der Waals surface area contributed by atoms with E-state index in [0.717, 1.165) is 54.1 Å². The number of nitrogens with zero attached hydrogens (tertiary/aromatic N) is 4. The minimum atomic E-state index is 0.0148. The zero-order valence-electron chi connectivity index (χ0n) is 16.3. The highest BCUT2D eigenvalue weighted by molar-refractivity contribution is 5.92. The van der Waals surface area contributed by atoms with Crippen LogP contribution in [0, 0.1) is 0 Å². The lowest BCUT2D eigenvalue weighted by atomic mass is 10.1. The molecule has 146 valence electrons. The molecule has 0 saturated carbocycles. The molecule has 4 aromatic rings. The number of likely N-dealkylation sites (tertiary alicyclic amines) is 1. The smallest absolute Gasteiger partial charge is 0.274 e. The van der Waals surface area contributed by atoms with Gasteiger partial charge in [0.2, 0.25) is 0 Å². The Hall–Kier alpha value is -3.54. The second kappa shape index (κ2) is 7.13. The largest absolute Gasteiger partial charge is 0.497 e. The van der Waals surface area contributed by atoms with E-state index in [1.54, 1.807) is 17.9 Å². The molecule has 0 bridgehead atoms. The van der Waals surface area contributed by atoms with E-state index in [9.17, 15) is 4.79 Å². The van der Waals surface area contributed by atoms with Gasteiger partial charge in [-0.1, -0.05) is 18.2 Å². The molecule has 1 saturated heterocycles. The SMILES string of the molecule is COc1ccc(-c2ccc3ccc(-n4ccc(C(=O)N5CCCC5)n4)n3c2)cc1. The van der Waals surface area contributed by atoms with Gasteiger partial charge in [0.15, 0.2) is 5.69 Å². The van der Waals surface area contributed by atoms with Crippen LogP contribution in [0.3, 0.4) is 0 Å². The highest BCUT2D eigenvalue weighted by atomic mass is 16.5. The third-order valence-electron chi connectivity index (χ3n) is 5.49. The maximum absolute atomic E-state index is 12.6. The van der Waals surface area contributed by atoms with Gasteiger partial charge in [0, 0.05) is 31.0 Å². The van der Waals surface area contributed by atoms with E-state index < -0.39 is 0 Å². The summed E-state index contributed by atoms with van der Waals surface area (Å²) in [6.45, 7) is 1.65. The zero-order chi connectivity index (χ0) is 19.8. The topological polar surface area (TPSA) is 51.8 Å². The van der Waals surface area contributed by atoms with Crippen molar-refractivity contribution in [1.82, 2.24) is 19.1 Å². The van der Waals surface area contributed by atoms with Gasteiger partial charge in [-0.3, -0.25) is 4.79 Å². The van der Waals surface area contributed by atoms with Gasteiger partial charge in [0.1, 0.15) is 11.6 Å². The quantitative estimate of drug-likeness (QED) is 0.532. The minimum absolute atomic E-state index is 0.0148. The first-order valence-corrected chi connectivity index (χ1v) is 9.84. The summed E-state index contributed by atoms with van der Waals surface area (Å²) in [7, 11) is 1.67. The number of aromatic nitrogens is 3. The summed E-state index contributed by atoms with van der Waals surface area (Å²) >= 11 is 0. The Morgan fingerprint density at radius 3 is 2.41 bits per heavy atom. The fourth-order valence-electron chi connectivity index (χ4n) is 3.88. The Labute approximate surface area is 168 Å². The van der Waals surface area contributed by atoms with Crippen LogP contribution < -0.4 is 4.74 Å². The number of fused-ring (bicyclic) bond motifs is 1. The lowest BCUT2D eigenvalue weighted by molar-refractivity contribution is 0.0786. The van der Waals surface area contributed by atoms with Gasteiger partial charge in [-0.25, -0.2) is 4.68 Å². The molecule has 0 N–H and O–H groups in total. The van der Waals surface area contributed by atoms with Crippen LogP contribution in [0.1, 0.15) is 23.3 Å². The first-order valence-electron chi connectivity index (χ1n) is 9.84. The molecule has 1 aliphatic rings. The Balaban J connectivity index is 1.49. The second-order valence-electron chi connectivity index (χ2n) is 7.28. The summed E-state index contributed by atoms with van der Waals surface area (Å²) in [4.78, 5) is 14.5. The van der Waals surface area contributed by atoms with E-state index in [1.807, 2.05) is 41.4 Å². The van der Waals surface area contributed by atoms with Gasteiger partial charge in [0.25, 0.3) is 5.91 Å². The number of methoxy groups -OCH3 is 1. The lowest BCUT2D eigenvalue weighted by Crippen LogP contribution is -2.28. The average molecular weight is 386 g/mol. The van der Waals surface area contributed by atoms with Crippen molar-refractivity contribution in [1.29, 1.82) is 0 Å². The molecule has 6 nitrogen and oxygen atoms in total. The normalized spacial score (nSPS) is 13.9. The average Bonchev–Trinajstić information content (AvgIpc) is 3.53. The van der Waals surface area contributed by atoms with Crippen molar-refractivity contribution in [3.8, 4) is 22.7 Å². The molecule has 4 heterocycles. The van der Waals surface area contributed by atoms with Crippen LogP contribution >= 0.6 is 0 Å². The number of hydrogen-bond acceptors (Lipinski definition) is 3. The maximum atomic E-state index is 12.6. The molecule has 5 rings (SSSR count). The van der Waals surface area contributed by atoms with Gasteiger partial charge in [0.05, 0.1) is 7.11 Å². The number of hydrogen-bond donors (Lipinski definition) is 0. The van der Waals surface area contributed by atoms with E-state index in [2.05, 4.69) is 33.9 Å². The number of benzene rings is 1. The maximum Gasteiger partial charge on any atom is 0.274 e. The monoisotopic (exact) mass is 386 g/mol. The van der Waals surface area contributed by atoms with Crippen molar-refractivity contribution < 1.29 is 9.53 Å². The van der Waals surface area contributed by atoms with Crippen LogP contribution in [0.2, 0.25) is 0 Å².